The molecule has 1 aromatic rings. The molecule has 0 saturated carbocycles. The maximum atomic E-state index is 12.9. The molecular formula is C39H42BrN6O16P2SY-. The summed E-state index contributed by atoms with van der Waals surface area (Å²) in [6, 6.07) is -0.431. The van der Waals surface area contributed by atoms with Gasteiger partial charge in [-0.25, -0.2) is 14.2 Å². The molecule has 0 spiro atoms. The summed E-state index contributed by atoms with van der Waals surface area (Å²) in [5, 5.41) is 18.0. The molecular weight excluding hydrogens is 1070 g/mol. The Balaban J connectivity index is 0.0000116. The van der Waals surface area contributed by atoms with Crippen molar-refractivity contribution in [3.8, 4) is 0 Å². The topological polar surface area (TPSA) is 309 Å². The molecule has 3 aliphatic heterocycles. The van der Waals surface area contributed by atoms with Crippen LogP contribution < -0.4 is 32.1 Å². The second-order valence-corrected chi connectivity index (χ2v) is 18.2. The van der Waals surface area contributed by atoms with Crippen LogP contribution >= 0.6 is 43.3 Å². The van der Waals surface area contributed by atoms with Gasteiger partial charge in [-0.3, -0.25) is 48.1 Å². The number of ether oxygens (including phenoxy) is 2. The molecule has 0 bridgehead atoms. The quantitative estimate of drug-likeness (QED) is 0.0400. The van der Waals surface area contributed by atoms with E-state index in [0.29, 0.717) is 44.4 Å². The standard InChI is InChI=1S/C39H43BrN6O16P2S.Y/c1-2-3-4-5-6-7-8-9-12-15-33(62-64(56,57)59-26-30-29(47)23-36(61-30)46-24-28(40)37(50)44-39(46)52)42-32(49)14-11-10-13-20-41-31(48)19-22-65-34-18-21-45(38(51)43-34)35-17-16-27(60-35)25-58-63(53,54)55;/h18,21,24,27,29-30,34-36,47H,1,10-11,13-14,16-17,19-20,22-23,25-26H2,(H,41,48)(H,42,49)(H,43,51)(H,56,57)(H,44,50,52)(H2,53,54,55);/p-1. The molecule has 27 heteroatoms. The van der Waals surface area contributed by atoms with Gasteiger partial charge in [0.1, 0.15) is 18.6 Å². The third kappa shape index (κ3) is 20.5. The number of urea groups is 1. The third-order valence-corrected chi connectivity index (χ3v) is 11.8. The van der Waals surface area contributed by atoms with Gasteiger partial charge in [0.25, 0.3) is 19.3 Å². The van der Waals surface area contributed by atoms with Crippen LogP contribution in [0.15, 0.2) is 102 Å². The number of aromatic nitrogens is 2. The van der Waals surface area contributed by atoms with Crippen LogP contribution in [0.25, 0.3) is 0 Å². The SMILES string of the molecule is C=C=C=C=C=C=C=C=C=C=C=C(NC(=O)CCCCCNC(=O)CCSC1C=CN(C2CCC(COP(=O)([O-])O)O2)C(=O)N1)OP(=O)(O)OCC1OC(n2cc(Br)c(=O)[nH]c2=O)CC1O.[Y]. The number of H-pyrrole nitrogens is 1. The fourth-order valence-electron chi connectivity index (χ4n) is 5.79. The summed E-state index contributed by atoms with van der Waals surface area (Å²) >= 11 is 4.35. The molecule has 1 radical (unpaired) electrons. The molecule has 0 aromatic carbocycles. The number of halogens is 1. The number of phosphoric acid groups is 2. The van der Waals surface area contributed by atoms with Crippen molar-refractivity contribution >= 4 is 61.2 Å². The monoisotopic (exact) mass is 1110 g/mol. The van der Waals surface area contributed by atoms with E-state index < -0.39 is 87.5 Å². The van der Waals surface area contributed by atoms with E-state index in [-0.39, 0.29) is 69.0 Å². The van der Waals surface area contributed by atoms with Crippen molar-refractivity contribution in [1.29, 1.82) is 0 Å². The van der Waals surface area contributed by atoms with Gasteiger partial charge in [0.2, 0.25) is 11.8 Å². The number of carbonyl (C=O) groups excluding carboxylic acids is 3. The first-order valence-corrected chi connectivity index (χ1v) is 24.2. The Morgan fingerprint density at radius 1 is 0.970 bits per heavy atom. The molecule has 0 aliphatic carbocycles. The van der Waals surface area contributed by atoms with Crippen molar-refractivity contribution in [1.82, 2.24) is 30.4 Å². The number of thioether (sulfide) groups is 1. The molecule has 66 heavy (non-hydrogen) atoms. The number of hydrogen-bond donors (Lipinski definition) is 7. The molecule has 4 amide bonds. The first-order valence-electron chi connectivity index (χ1n) is 19.4. The van der Waals surface area contributed by atoms with Gasteiger partial charge in [0, 0.05) is 82.4 Å². The largest absolute Gasteiger partial charge is 0.756 e. The van der Waals surface area contributed by atoms with Crippen molar-refractivity contribution in [3.63, 3.8) is 0 Å². The number of carbonyl (C=O) groups is 3. The average Bonchev–Trinajstić information content (AvgIpc) is 3.87. The van der Waals surface area contributed by atoms with E-state index in [1.807, 2.05) is 0 Å². The zero-order valence-corrected chi connectivity index (χ0v) is 41.7. The summed E-state index contributed by atoms with van der Waals surface area (Å²) in [6.45, 7) is 2.57. The summed E-state index contributed by atoms with van der Waals surface area (Å²) in [6.07, 6.45) is 1.91. The van der Waals surface area contributed by atoms with Crippen molar-refractivity contribution in [2.45, 2.75) is 87.5 Å². The smallest absolute Gasteiger partial charge is 0.529 e. The molecule has 8 atom stereocenters. The van der Waals surface area contributed by atoms with E-state index >= 15 is 0 Å². The summed E-state index contributed by atoms with van der Waals surface area (Å²) in [7, 11) is -9.92. The fraction of sp³-hybridized carbons (Fsp3) is 0.462. The van der Waals surface area contributed by atoms with Gasteiger partial charge in [0.15, 0.2) is 0 Å². The maximum Gasteiger partial charge on any atom is 0.529 e. The van der Waals surface area contributed by atoms with Crippen molar-refractivity contribution in [2.24, 2.45) is 0 Å². The van der Waals surface area contributed by atoms with E-state index in [2.05, 4.69) is 105 Å². The van der Waals surface area contributed by atoms with E-state index in [9.17, 15) is 48.0 Å². The average molecular weight is 1110 g/mol. The summed E-state index contributed by atoms with van der Waals surface area (Å²) in [5.74, 6) is -1.15. The number of aliphatic hydroxyl groups excluding tert-OH is 1. The van der Waals surface area contributed by atoms with Crippen LogP contribution in [0, 0.1) is 0 Å². The van der Waals surface area contributed by atoms with Crippen LogP contribution in [0.4, 0.5) is 4.79 Å². The van der Waals surface area contributed by atoms with Gasteiger partial charge < -0.3 is 44.0 Å². The Bertz CT molecular complexity index is 2600. The number of rotatable bonds is 21. The molecule has 2 fully saturated rings. The Labute approximate surface area is 414 Å². The summed E-state index contributed by atoms with van der Waals surface area (Å²) in [5.41, 5.74) is 22.2. The van der Waals surface area contributed by atoms with Gasteiger partial charge in [-0.2, -0.15) is 0 Å². The molecule has 4 rings (SSSR count). The Morgan fingerprint density at radius 3 is 2.38 bits per heavy atom. The molecule has 1 aromatic heterocycles. The van der Waals surface area contributed by atoms with Crippen LogP contribution in [-0.4, -0.2) is 103 Å². The number of phosphoric ester groups is 2. The molecule has 3 aliphatic rings. The minimum absolute atomic E-state index is 0. The third-order valence-electron chi connectivity index (χ3n) is 8.77. The van der Waals surface area contributed by atoms with Crippen LogP contribution in [0.2, 0.25) is 0 Å². The first-order chi connectivity index (χ1) is 30.9. The predicted octanol–water partition coefficient (Wildman–Crippen LogP) is 1.86. The molecule has 8 unspecified atom stereocenters. The molecule has 351 valence electrons. The van der Waals surface area contributed by atoms with Crippen molar-refractivity contribution < 1.29 is 99.1 Å². The van der Waals surface area contributed by atoms with Gasteiger partial charge in [-0.05, 0) is 100 Å². The van der Waals surface area contributed by atoms with Crippen LogP contribution in [0.5, 0.6) is 0 Å². The van der Waals surface area contributed by atoms with Crippen LogP contribution in [0.1, 0.15) is 57.6 Å². The minimum Gasteiger partial charge on any atom is -0.756 e. The first kappa shape index (κ1) is 56.4. The van der Waals surface area contributed by atoms with Crippen molar-refractivity contribution in [2.75, 3.05) is 25.5 Å². The van der Waals surface area contributed by atoms with Crippen LogP contribution in [-0.2, 0) is 74.5 Å². The van der Waals surface area contributed by atoms with Crippen LogP contribution in [0.3, 0.4) is 0 Å². The summed E-state index contributed by atoms with van der Waals surface area (Å²) < 4.78 is 50.5. The maximum absolute atomic E-state index is 12.9. The van der Waals surface area contributed by atoms with Crippen molar-refractivity contribution in [3.05, 3.63) is 114 Å². The summed E-state index contributed by atoms with van der Waals surface area (Å²) in [4.78, 5) is 95.3. The normalized spacial score (nSPS) is 22.1. The number of aliphatic hydroxyl groups is 1. The van der Waals surface area contributed by atoms with E-state index in [4.69, 9.17) is 23.4 Å². The van der Waals surface area contributed by atoms with E-state index in [0.717, 1.165) is 4.57 Å². The Morgan fingerprint density at radius 2 is 1.68 bits per heavy atom. The Hall–Kier alpha value is -3.96. The minimum atomic E-state index is -5.04. The van der Waals surface area contributed by atoms with Gasteiger partial charge in [-0.1, -0.05) is 12.2 Å². The predicted molar refractivity (Wildman–Crippen MR) is 228 cm³/mol. The molecule has 7 N–H and O–H groups in total. The zero-order valence-electron chi connectivity index (χ0n) is 34.7. The molecule has 22 nitrogen and oxygen atoms in total. The molecule has 2 saturated heterocycles. The second kappa shape index (κ2) is 28.4. The number of nitrogens with one attached hydrogen (secondary N) is 4. The van der Waals surface area contributed by atoms with E-state index in [1.54, 1.807) is 12.3 Å². The number of unbranched alkanes of at least 4 members (excludes halogenated alkanes) is 2. The second-order valence-electron chi connectivity index (χ2n) is 13.6. The van der Waals surface area contributed by atoms with E-state index in [1.165, 1.54) is 22.9 Å². The molecule has 4 heterocycles. The zero-order chi connectivity index (χ0) is 47.4. The number of amides is 4. The fourth-order valence-corrected chi connectivity index (χ4v) is 8.09. The number of hydrogen-bond acceptors (Lipinski definition) is 15. The number of nitrogens with zero attached hydrogens (tertiary/aromatic N) is 2. The van der Waals surface area contributed by atoms with Gasteiger partial charge >= 0.3 is 19.5 Å². The van der Waals surface area contributed by atoms with Gasteiger partial charge in [0.05, 0.1) is 35.3 Å². The Kier molecular flexibility index (Phi) is 24.2. The van der Waals surface area contributed by atoms with Gasteiger partial charge in [-0.15, -0.1) is 11.8 Å². The number of aromatic amines is 1.